The number of hydrogen-bond acceptors (Lipinski definition) is 4. The van der Waals surface area contributed by atoms with E-state index in [4.69, 9.17) is 10.5 Å². The van der Waals surface area contributed by atoms with Crippen LogP contribution in [-0.2, 0) is 16.0 Å². The molecular weight excluding hydrogens is 298 g/mol. The van der Waals surface area contributed by atoms with Gasteiger partial charge < -0.3 is 10.5 Å². The van der Waals surface area contributed by atoms with Crippen molar-refractivity contribution >= 4 is 23.2 Å². The molecule has 0 bridgehead atoms. The zero-order chi connectivity index (χ0) is 16.1. The number of aryl methyl sites for hydroxylation is 2. The van der Waals surface area contributed by atoms with Crippen LogP contribution in [-0.4, -0.2) is 11.9 Å². The van der Waals surface area contributed by atoms with Crippen molar-refractivity contribution in [3.05, 3.63) is 57.3 Å². The maximum Gasteiger partial charge on any atom is 0.349 e. The lowest BCUT2D eigenvalue weighted by molar-refractivity contribution is -0.127. The molecular formula is C17H19NO3S. The van der Waals surface area contributed by atoms with E-state index in [-0.39, 0.29) is 0 Å². The summed E-state index contributed by atoms with van der Waals surface area (Å²) in [5, 5.41) is 0. The van der Waals surface area contributed by atoms with E-state index >= 15 is 0 Å². The van der Waals surface area contributed by atoms with Crippen molar-refractivity contribution in [2.45, 2.75) is 32.8 Å². The van der Waals surface area contributed by atoms with Gasteiger partial charge in [0, 0.05) is 10.4 Å². The third-order valence-electron chi connectivity index (χ3n) is 3.33. The van der Waals surface area contributed by atoms with Gasteiger partial charge in [-0.1, -0.05) is 43.7 Å². The molecule has 2 N–H and O–H groups in total. The first-order chi connectivity index (χ1) is 10.5. The summed E-state index contributed by atoms with van der Waals surface area (Å²) in [6.45, 7) is 4.07. The van der Waals surface area contributed by atoms with Gasteiger partial charge in [0.05, 0.1) is 0 Å². The van der Waals surface area contributed by atoms with Gasteiger partial charge in [-0.15, -0.1) is 11.3 Å². The topological polar surface area (TPSA) is 69.4 Å². The van der Waals surface area contributed by atoms with Gasteiger partial charge in [-0.3, -0.25) is 4.79 Å². The number of rotatable bonds is 6. The maximum atomic E-state index is 12.3. The molecule has 1 unspecified atom stereocenters. The zero-order valence-electron chi connectivity index (χ0n) is 12.7. The van der Waals surface area contributed by atoms with Crippen LogP contribution in [0, 0.1) is 6.92 Å². The first-order valence-electron chi connectivity index (χ1n) is 7.17. The Morgan fingerprint density at radius 1 is 1.27 bits per heavy atom. The lowest BCUT2D eigenvalue weighted by Gasteiger charge is -2.14. The fourth-order valence-corrected chi connectivity index (χ4v) is 3.18. The van der Waals surface area contributed by atoms with Crippen molar-refractivity contribution in [3.8, 4) is 0 Å². The molecule has 0 aliphatic rings. The second-order valence-corrected chi connectivity index (χ2v) is 6.30. The van der Waals surface area contributed by atoms with Crippen LogP contribution in [0.15, 0.2) is 36.4 Å². The van der Waals surface area contributed by atoms with Crippen LogP contribution in [0.5, 0.6) is 0 Å². The summed E-state index contributed by atoms with van der Waals surface area (Å²) in [5.41, 5.74) is 7.09. The molecule has 0 radical (unpaired) electrons. The standard InChI is InChI=1S/C17H19NO3S/c1-3-7-13-10-14(22-11(13)2)17(20)21-15(16(18)19)12-8-5-4-6-9-12/h4-6,8-10,15H,3,7H2,1-2H3,(H2,18,19). The Bertz CT molecular complexity index is 664. The lowest BCUT2D eigenvalue weighted by atomic mass is 10.1. The Labute approximate surface area is 133 Å². The van der Waals surface area contributed by atoms with Gasteiger partial charge in [-0.05, 0) is 25.0 Å². The van der Waals surface area contributed by atoms with Gasteiger partial charge in [0.2, 0.25) is 6.10 Å². The molecule has 4 nitrogen and oxygen atoms in total. The monoisotopic (exact) mass is 317 g/mol. The van der Waals surface area contributed by atoms with E-state index in [9.17, 15) is 9.59 Å². The van der Waals surface area contributed by atoms with Gasteiger partial charge in [0.1, 0.15) is 4.88 Å². The summed E-state index contributed by atoms with van der Waals surface area (Å²) < 4.78 is 5.33. The number of primary amides is 1. The molecule has 0 aliphatic heterocycles. The van der Waals surface area contributed by atoms with E-state index in [1.165, 1.54) is 11.3 Å². The Hall–Kier alpha value is -2.14. The highest BCUT2D eigenvalue weighted by Gasteiger charge is 2.24. The fourth-order valence-electron chi connectivity index (χ4n) is 2.22. The molecule has 5 heteroatoms. The highest BCUT2D eigenvalue weighted by molar-refractivity contribution is 7.14. The van der Waals surface area contributed by atoms with Gasteiger partial charge in [-0.25, -0.2) is 4.79 Å². The molecule has 116 valence electrons. The van der Waals surface area contributed by atoms with E-state index in [0.717, 1.165) is 23.3 Å². The summed E-state index contributed by atoms with van der Waals surface area (Å²) in [6, 6.07) is 10.6. The van der Waals surface area contributed by atoms with E-state index in [1.807, 2.05) is 19.1 Å². The quantitative estimate of drug-likeness (QED) is 0.830. The van der Waals surface area contributed by atoms with Crippen molar-refractivity contribution in [1.29, 1.82) is 0 Å². The van der Waals surface area contributed by atoms with Crippen LogP contribution in [0.3, 0.4) is 0 Å². The van der Waals surface area contributed by atoms with E-state index in [1.54, 1.807) is 24.3 Å². The predicted molar refractivity (Wildman–Crippen MR) is 86.8 cm³/mol. The van der Waals surface area contributed by atoms with Crippen LogP contribution in [0.2, 0.25) is 0 Å². The normalized spacial score (nSPS) is 11.9. The van der Waals surface area contributed by atoms with Crippen LogP contribution < -0.4 is 5.73 Å². The van der Waals surface area contributed by atoms with Gasteiger partial charge in [0.25, 0.3) is 5.91 Å². The van der Waals surface area contributed by atoms with Gasteiger partial charge in [-0.2, -0.15) is 0 Å². The van der Waals surface area contributed by atoms with E-state index in [2.05, 4.69) is 6.92 Å². The number of hydrogen-bond donors (Lipinski definition) is 1. The molecule has 22 heavy (non-hydrogen) atoms. The minimum Gasteiger partial charge on any atom is -0.443 e. The van der Waals surface area contributed by atoms with Gasteiger partial charge in [0.15, 0.2) is 0 Å². The van der Waals surface area contributed by atoms with Crippen molar-refractivity contribution in [1.82, 2.24) is 0 Å². The molecule has 2 aromatic rings. The average molecular weight is 317 g/mol. The minimum absolute atomic E-state index is 0.503. The number of carbonyl (C=O) groups is 2. The Balaban J connectivity index is 2.18. The fraction of sp³-hybridized carbons (Fsp3) is 0.294. The van der Waals surface area contributed by atoms with Crippen molar-refractivity contribution < 1.29 is 14.3 Å². The summed E-state index contributed by atoms with van der Waals surface area (Å²) in [7, 11) is 0. The van der Waals surface area contributed by atoms with Crippen LogP contribution in [0.4, 0.5) is 0 Å². The highest BCUT2D eigenvalue weighted by atomic mass is 32.1. The second kappa shape index (κ2) is 7.22. The van der Waals surface area contributed by atoms with Crippen LogP contribution in [0.25, 0.3) is 0 Å². The number of thiophene rings is 1. The van der Waals surface area contributed by atoms with Crippen molar-refractivity contribution in [2.75, 3.05) is 0 Å². The molecule has 1 amide bonds. The summed E-state index contributed by atoms with van der Waals surface area (Å²) in [5.74, 6) is -1.19. The Morgan fingerprint density at radius 2 is 1.95 bits per heavy atom. The smallest absolute Gasteiger partial charge is 0.349 e. The second-order valence-electron chi connectivity index (χ2n) is 5.04. The lowest BCUT2D eigenvalue weighted by Crippen LogP contribution is -2.26. The molecule has 0 saturated heterocycles. The number of amides is 1. The highest BCUT2D eigenvalue weighted by Crippen LogP contribution is 2.26. The van der Waals surface area contributed by atoms with E-state index in [0.29, 0.717) is 10.4 Å². The number of benzene rings is 1. The van der Waals surface area contributed by atoms with Crippen LogP contribution in [0.1, 0.15) is 45.1 Å². The Morgan fingerprint density at radius 3 is 2.55 bits per heavy atom. The van der Waals surface area contributed by atoms with E-state index < -0.39 is 18.0 Å². The minimum atomic E-state index is -1.06. The SMILES string of the molecule is CCCc1cc(C(=O)OC(C(N)=O)c2ccccc2)sc1C. The number of carbonyl (C=O) groups excluding carboxylic acids is 2. The molecule has 0 aliphatic carbocycles. The van der Waals surface area contributed by atoms with Gasteiger partial charge >= 0.3 is 5.97 Å². The third kappa shape index (κ3) is 3.74. The number of esters is 1. The predicted octanol–water partition coefficient (Wildman–Crippen LogP) is 3.39. The zero-order valence-corrected chi connectivity index (χ0v) is 13.5. The molecule has 1 aromatic carbocycles. The third-order valence-corrected chi connectivity index (χ3v) is 4.40. The first-order valence-corrected chi connectivity index (χ1v) is 7.99. The molecule has 0 saturated carbocycles. The Kier molecular flexibility index (Phi) is 5.33. The van der Waals surface area contributed by atoms with Crippen molar-refractivity contribution in [3.63, 3.8) is 0 Å². The molecule has 0 fully saturated rings. The molecule has 0 spiro atoms. The largest absolute Gasteiger partial charge is 0.443 e. The number of nitrogens with two attached hydrogens (primary N) is 1. The maximum absolute atomic E-state index is 12.3. The molecule has 1 atom stereocenters. The average Bonchev–Trinajstić information content (AvgIpc) is 2.87. The molecule has 1 aromatic heterocycles. The molecule has 2 rings (SSSR count). The first kappa shape index (κ1) is 16.2. The summed E-state index contributed by atoms with van der Waals surface area (Å²) in [6.07, 6.45) is 0.874. The molecule has 1 heterocycles. The number of ether oxygens (including phenoxy) is 1. The van der Waals surface area contributed by atoms with Crippen molar-refractivity contribution in [2.24, 2.45) is 5.73 Å². The summed E-state index contributed by atoms with van der Waals surface area (Å²) >= 11 is 1.38. The van der Waals surface area contributed by atoms with Crippen LogP contribution >= 0.6 is 11.3 Å². The summed E-state index contributed by atoms with van der Waals surface area (Å²) in [4.78, 5) is 25.5.